The van der Waals surface area contributed by atoms with Gasteiger partial charge in [-0.2, -0.15) is 5.10 Å². The smallest absolute Gasteiger partial charge is 0.194 e. The molecule has 2 unspecified atom stereocenters. The SMILES string of the molecule is CCNC(=NCc1ccn[nH]1)N1CC2CCCCC2C1.I. The van der Waals surface area contributed by atoms with E-state index in [4.69, 9.17) is 4.99 Å². The summed E-state index contributed by atoms with van der Waals surface area (Å²) in [6.07, 6.45) is 7.41. The zero-order chi connectivity index (χ0) is 13.8. The lowest BCUT2D eigenvalue weighted by Crippen LogP contribution is -2.40. The van der Waals surface area contributed by atoms with E-state index < -0.39 is 0 Å². The zero-order valence-corrected chi connectivity index (χ0v) is 15.0. The average molecular weight is 403 g/mol. The van der Waals surface area contributed by atoms with Gasteiger partial charge < -0.3 is 10.2 Å². The Morgan fingerprint density at radius 1 is 1.38 bits per heavy atom. The molecule has 1 aliphatic carbocycles. The van der Waals surface area contributed by atoms with Crippen LogP contribution in [0.1, 0.15) is 38.3 Å². The highest BCUT2D eigenvalue weighted by Crippen LogP contribution is 2.35. The highest BCUT2D eigenvalue weighted by molar-refractivity contribution is 14.0. The van der Waals surface area contributed by atoms with Crippen LogP contribution in [0.15, 0.2) is 17.3 Å². The molecule has 1 aromatic rings. The van der Waals surface area contributed by atoms with Gasteiger partial charge in [-0.25, -0.2) is 4.99 Å². The molecule has 118 valence electrons. The Bertz CT molecular complexity index is 431. The fraction of sp³-hybridized carbons (Fsp3) is 0.733. The molecule has 2 heterocycles. The number of nitrogens with zero attached hydrogens (tertiary/aromatic N) is 3. The zero-order valence-electron chi connectivity index (χ0n) is 12.7. The van der Waals surface area contributed by atoms with Crippen molar-refractivity contribution in [1.82, 2.24) is 20.4 Å². The van der Waals surface area contributed by atoms with Gasteiger partial charge in [0.05, 0.1) is 12.2 Å². The molecule has 2 N–H and O–H groups in total. The van der Waals surface area contributed by atoms with Crippen LogP contribution in [0.5, 0.6) is 0 Å². The molecule has 1 saturated carbocycles. The first-order valence-electron chi connectivity index (χ1n) is 7.88. The third-order valence-corrected chi connectivity index (χ3v) is 4.57. The van der Waals surface area contributed by atoms with Gasteiger partial charge in [-0.05, 0) is 37.7 Å². The summed E-state index contributed by atoms with van der Waals surface area (Å²) in [5, 5.41) is 10.4. The molecule has 6 heteroatoms. The average Bonchev–Trinajstić information content (AvgIpc) is 3.12. The van der Waals surface area contributed by atoms with Gasteiger partial charge in [-0.3, -0.25) is 5.10 Å². The number of fused-ring (bicyclic) bond motifs is 1. The van der Waals surface area contributed by atoms with Crippen molar-refractivity contribution >= 4 is 29.9 Å². The van der Waals surface area contributed by atoms with Gasteiger partial charge in [0.1, 0.15) is 0 Å². The Morgan fingerprint density at radius 2 is 2.10 bits per heavy atom. The fourth-order valence-corrected chi connectivity index (χ4v) is 3.54. The number of halogens is 1. The van der Waals surface area contributed by atoms with E-state index in [-0.39, 0.29) is 24.0 Å². The summed E-state index contributed by atoms with van der Waals surface area (Å²) >= 11 is 0. The van der Waals surface area contributed by atoms with Gasteiger partial charge in [0.25, 0.3) is 0 Å². The number of hydrogen-bond acceptors (Lipinski definition) is 2. The number of rotatable bonds is 3. The van der Waals surface area contributed by atoms with Crippen LogP contribution in [0.25, 0.3) is 0 Å². The Kier molecular flexibility index (Phi) is 6.32. The number of guanidine groups is 1. The lowest BCUT2D eigenvalue weighted by molar-refractivity contribution is 0.299. The highest BCUT2D eigenvalue weighted by Gasteiger charge is 2.35. The normalized spacial score (nSPS) is 25.4. The molecular formula is C15H26IN5. The Morgan fingerprint density at radius 3 is 2.67 bits per heavy atom. The number of H-pyrrole nitrogens is 1. The molecule has 0 aromatic carbocycles. The second-order valence-corrected chi connectivity index (χ2v) is 5.96. The molecule has 2 fully saturated rings. The third kappa shape index (κ3) is 4.11. The van der Waals surface area contributed by atoms with Crippen molar-refractivity contribution in [3.05, 3.63) is 18.0 Å². The molecule has 0 bridgehead atoms. The second kappa shape index (κ2) is 8.00. The van der Waals surface area contributed by atoms with Crippen molar-refractivity contribution in [3.63, 3.8) is 0 Å². The van der Waals surface area contributed by atoms with Crippen molar-refractivity contribution in [2.24, 2.45) is 16.8 Å². The van der Waals surface area contributed by atoms with E-state index in [2.05, 4.69) is 27.3 Å². The lowest BCUT2D eigenvalue weighted by atomic mass is 9.82. The Labute approximate surface area is 144 Å². The van der Waals surface area contributed by atoms with Crippen LogP contribution < -0.4 is 5.32 Å². The number of likely N-dealkylation sites (tertiary alicyclic amines) is 1. The molecule has 2 atom stereocenters. The summed E-state index contributed by atoms with van der Waals surface area (Å²) in [7, 11) is 0. The first kappa shape index (κ1) is 16.6. The number of hydrogen-bond donors (Lipinski definition) is 2. The van der Waals surface area contributed by atoms with E-state index in [1.165, 1.54) is 38.8 Å². The first-order chi connectivity index (χ1) is 9.86. The molecule has 0 spiro atoms. The minimum Gasteiger partial charge on any atom is -0.357 e. The maximum Gasteiger partial charge on any atom is 0.194 e. The summed E-state index contributed by atoms with van der Waals surface area (Å²) in [6, 6.07) is 1.98. The summed E-state index contributed by atoms with van der Waals surface area (Å²) < 4.78 is 0. The van der Waals surface area contributed by atoms with Crippen molar-refractivity contribution < 1.29 is 0 Å². The standard InChI is InChI=1S/C15H25N5.HI/c1-2-16-15(17-9-14-7-8-18-19-14)20-10-12-5-3-4-6-13(12)11-20;/h7-8,12-13H,2-6,9-11H2,1H3,(H,16,17)(H,18,19);1H. The topological polar surface area (TPSA) is 56.3 Å². The van der Waals surface area contributed by atoms with Crippen LogP contribution in [0.4, 0.5) is 0 Å². The summed E-state index contributed by atoms with van der Waals surface area (Å²) in [5.74, 6) is 2.84. The van der Waals surface area contributed by atoms with Crippen molar-refractivity contribution in [3.8, 4) is 0 Å². The van der Waals surface area contributed by atoms with E-state index in [0.29, 0.717) is 6.54 Å². The van der Waals surface area contributed by atoms with E-state index in [1.54, 1.807) is 6.20 Å². The number of nitrogens with one attached hydrogen (secondary N) is 2. The first-order valence-corrected chi connectivity index (χ1v) is 7.88. The second-order valence-electron chi connectivity index (χ2n) is 5.96. The predicted molar refractivity (Wildman–Crippen MR) is 95.8 cm³/mol. The Hall–Kier alpha value is -0.790. The third-order valence-electron chi connectivity index (χ3n) is 4.57. The number of aromatic nitrogens is 2. The van der Waals surface area contributed by atoms with Crippen molar-refractivity contribution in [2.75, 3.05) is 19.6 Å². The molecule has 2 aliphatic rings. The van der Waals surface area contributed by atoms with Crippen LogP contribution in [-0.2, 0) is 6.54 Å². The quantitative estimate of drug-likeness (QED) is 0.464. The van der Waals surface area contributed by atoms with E-state index in [9.17, 15) is 0 Å². The molecule has 0 amide bonds. The summed E-state index contributed by atoms with van der Waals surface area (Å²) in [4.78, 5) is 7.21. The maximum absolute atomic E-state index is 4.76. The van der Waals surface area contributed by atoms with Crippen LogP contribution >= 0.6 is 24.0 Å². The lowest BCUT2D eigenvalue weighted by Gasteiger charge is -2.22. The largest absolute Gasteiger partial charge is 0.357 e. The van der Waals surface area contributed by atoms with Gasteiger partial charge in [-0.15, -0.1) is 24.0 Å². The minimum atomic E-state index is 0. The van der Waals surface area contributed by atoms with E-state index in [1.807, 2.05) is 6.07 Å². The van der Waals surface area contributed by atoms with Crippen LogP contribution in [0, 0.1) is 11.8 Å². The molecule has 1 aromatic heterocycles. The maximum atomic E-state index is 4.76. The Balaban J connectivity index is 0.00000161. The molecule has 1 saturated heterocycles. The summed E-state index contributed by atoms with van der Waals surface area (Å²) in [5.41, 5.74) is 1.07. The number of aromatic amines is 1. The van der Waals surface area contributed by atoms with Gasteiger partial charge in [0.15, 0.2) is 5.96 Å². The van der Waals surface area contributed by atoms with Crippen LogP contribution in [0.2, 0.25) is 0 Å². The predicted octanol–water partition coefficient (Wildman–Crippen LogP) is 2.62. The molecule has 3 rings (SSSR count). The molecule has 5 nitrogen and oxygen atoms in total. The summed E-state index contributed by atoms with van der Waals surface area (Å²) in [6.45, 7) is 6.09. The van der Waals surface area contributed by atoms with Gasteiger partial charge in [-0.1, -0.05) is 12.8 Å². The minimum absolute atomic E-state index is 0. The molecular weight excluding hydrogens is 377 g/mol. The van der Waals surface area contributed by atoms with Crippen LogP contribution in [0.3, 0.4) is 0 Å². The number of aliphatic imine (C=N–C) groups is 1. The molecule has 1 aliphatic heterocycles. The van der Waals surface area contributed by atoms with Gasteiger partial charge in [0.2, 0.25) is 0 Å². The monoisotopic (exact) mass is 403 g/mol. The van der Waals surface area contributed by atoms with Gasteiger partial charge >= 0.3 is 0 Å². The van der Waals surface area contributed by atoms with Crippen LogP contribution in [-0.4, -0.2) is 40.7 Å². The van der Waals surface area contributed by atoms with Crippen molar-refractivity contribution in [1.29, 1.82) is 0 Å². The molecule has 21 heavy (non-hydrogen) atoms. The van der Waals surface area contributed by atoms with Gasteiger partial charge in [0, 0.05) is 25.8 Å². The molecule has 0 radical (unpaired) electrons. The van der Waals surface area contributed by atoms with E-state index in [0.717, 1.165) is 30.0 Å². The van der Waals surface area contributed by atoms with Crippen molar-refractivity contribution in [2.45, 2.75) is 39.2 Å². The highest BCUT2D eigenvalue weighted by atomic mass is 127. The fourth-order valence-electron chi connectivity index (χ4n) is 3.54. The van der Waals surface area contributed by atoms with E-state index >= 15 is 0 Å².